The zero-order chi connectivity index (χ0) is 17.7. The number of amides is 1. The number of hydrogen-bond donors (Lipinski definition) is 2. The second-order valence-corrected chi connectivity index (χ2v) is 5.76. The number of nitrogens with zero attached hydrogens (tertiary/aromatic N) is 2. The van der Waals surface area contributed by atoms with Crippen LogP contribution in [0, 0.1) is 5.92 Å². The predicted molar refractivity (Wildman–Crippen MR) is 79.8 cm³/mol. The number of halogens is 3. The Labute approximate surface area is 136 Å². The van der Waals surface area contributed by atoms with Crippen LogP contribution in [0.25, 0.3) is 0 Å². The summed E-state index contributed by atoms with van der Waals surface area (Å²) in [5.41, 5.74) is 0.0896. The van der Waals surface area contributed by atoms with E-state index in [-0.39, 0.29) is 18.0 Å². The standard InChI is InChI=1S/C15H18F3N3O3/c16-15(17,18)6-13(22)20-7-10-2-1-5-21(9-10)12-4-3-11(8-19-12)14(23)24/h3-4,8,10H,1-2,5-7,9H2,(H,20,22)(H,23,24). The molecule has 0 radical (unpaired) electrons. The van der Waals surface area contributed by atoms with Crippen molar-refractivity contribution in [2.24, 2.45) is 5.92 Å². The smallest absolute Gasteiger partial charge is 0.397 e. The van der Waals surface area contributed by atoms with Gasteiger partial charge in [-0.2, -0.15) is 13.2 Å². The number of aromatic carboxylic acids is 1. The third kappa shape index (κ3) is 5.39. The van der Waals surface area contributed by atoms with E-state index in [2.05, 4.69) is 10.3 Å². The van der Waals surface area contributed by atoms with Crippen LogP contribution >= 0.6 is 0 Å². The van der Waals surface area contributed by atoms with Crippen molar-refractivity contribution < 1.29 is 27.9 Å². The highest BCUT2D eigenvalue weighted by atomic mass is 19.4. The minimum atomic E-state index is -4.50. The third-order valence-corrected chi connectivity index (χ3v) is 3.79. The Morgan fingerprint density at radius 1 is 1.38 bits per heavy atom. The maximum absolute atomic E-state index is 12.1. The van der Waals surface area contributed by atoms with E-state index in [0.29, 0.717) is 12.4 Å². The second kappa shape index (κ2) is 7.50. The molecule has 1 atom stereocenters. The molecule has 0 spiro atoms. The molecule has 1 amide bonds. The summed E-state index contributed by atoms with van der Waals surface area (Å²) in [4.78, 5) is 28.1. The molecule has 2 heterocycles. The Kier molecular flexibility index (Phi) is 5.63. The van der Waals surface area contributed by atoms with Gasteiger partial charge in [0.1, 0.15) is 12.2 Å². The number of aromatic nitrogens is 1. The van der Waals surface area contributed by atoms with Crippen LogP contribution in [0.3, 0.4) is 0 Å². The first kappa shape index (κ1) is 18.0. The van der Waals surface area contributed by atoms with E-state index in [0.717, 1.165) is 19.4 Å². The van der Waals surface area contributed by atoms with Crippen LogP contribution in [0.1, 0.15) is 29.6 Å². The molecule has 6 nitrogen and oxygen atoms in total. The maximum atomic E-state index is 12.1. The Morgan fingerprint density at radius 3 is 2.71 bits per heavy atom. The maximum Gasteiger partial charge on any atom is 0.397 e. The molecular weight excluding hydrogens is 327 g/mol. The quantitative estimate of drug-likeness (QED) is 0.854. The molecule has 132 valence electrons. The summed E-state index contributed by atoms with van der Waals surface area (Å²) >= 11 is 0. The number of nitrogens with one attached hydrogen (secondary N) is 1. The number of rotatable bonds is 5. The van der Waals surface area contributed by atoms with Gasteiger partial charge in [0.25, 0.3) is 0 Å². The SMILES string of the molecule is O=C(CC(F)(F)F)NCC1CCCN(c2ccc(C(=O)O)cn2)C1. The van der Waals surface area contributed by atoms with Crippen molar-refractivity contribution in [1.82, 2.24) is 10.3 Å². The fraction of sp³-hybridized carbons (Fsp3) is 0.533. The third-order valence-electron chi connectivity index (χ3n) is 3.79. The number of carboxylic acids is 1. The molecule has 1 fully saturated rings. The molecule has 2 rings (SSSR count). The summed E-state index contributed by atoms with van der Waals surface area (Å²) in [5.74, 6) is -1.44. The zero-order valence-electron chi connectivity index (χ0n) is 12.8. The van der Waals surface area contributed by atoms with E-state index in [9.17, 15) is 22.8 Å². The van der Waals surface area contributed by atoms with Crippen molar-refractivity contribution in [3.63, 3.8) is 0 Å². The lowest BCUT2D eigenvalue weighted by molar-refractivity contribution is -0.153. The highest BCUT2D eigenvalue weighted by molar-refractivity contribution is 5.87. The minimum Gasteiger partial charge on any atom is -0.478 e. The molecule has 24 heavy (non-hydrogen) atoms. The molecule has 1 aromatic heterocycles. The Balaban J connectivity index is 1.87. The first-order valence-electron chi connectivity index (χ1n) is 7.52. The molecule has 0 aromatic carbocycles. The number of alkyl halides is 3. The fourth-order valence-corrected chi connectivity index (χ4v) is 2.64. The summed E-state index contributed by atoms with van der Waals surface area (Å²) in [6.07, 6.45) is -3.08. The van der Waals surface area contributed by atoms with E-state index >= 15 is 0 Å². The average Bonchev–Trinajstić information content (AvgIpc) is 2.52. The van der Waals surface area contributed by atoms with E-state index < -0.39 is 24.5 Å². The van der Waals surface area contributed by atoms with Gasteiger partial charge in [0.15, 0.2) is 0 Å². The number of carboxylic acid groups (broad SMARTS) is 1. The van der Waals surface area contributed by atoms with Crippen molar-refractivity contribution in [1.29, 1.82) is 0 Å². The summed E-state index contributed by atoms with van der Waals surface area (Å²) < 4.78 is 36.4. The fourth-order valence-electron chi connectivity index (χ4n) is 2.64. The number of anilines is 1. The molecule has 0 aliphatic carbocycles. The highest BCUT2D eigenvalue weighted by Gasteiger charge is 2.31. The highest BCUT2D eigenvalue weighted by Crippen LogP contribution is 2.22. The molecule has 0 saturated carbocycles. The predicted octanol–water partition coefficient (Wildman–Crippen LogP) is 2.06. The lowest BCUT2D eigenvalue weighted by atomic mass is 9.98. The molecule has 1 unspecified atom stereocenters. The number of carbonyl (C=O) groups is 2. The van der Waals surface area contributed by atoms with E-state index in [1.807, 2.05) is 4.90 Å². The Bertz CT molecular complexity index is 590. The van der Waals surface area contributed by atoms with Crippen molar-refractivity contribution >= 4 is 17.7 Å². The first-order chi connectivity index (χ1) is 11.2. The number of hydrogen-bond acceptors (Lipinski definition) is 4. The Morgan fingerprint density at radius 2 is 2.12 bits per heavy atom. The summed E-state index contributed by atoms with van der Waals surface area (Å²) in [7, 11) is 0. The van der Waals surface area contributed by atoms with E-state index in [4.69, 9.17) is 5.11 Å². The average molecular weight is 345 g/mol. The molecule has 1 aliphatic heterocycles. The monoisotopic (exact) mass is 345 g/mol. The van der Waals surface area contributed by atoms with Gasteiger partial charge in [0.05, 0.1) is 5.56 Å². The molecule has 1 aromatic rings. The first-order valence-corrected chi connectivity index (χ1v) is 7.52. The van der Waals surface area contributed by atoms with Crippen LogP contribution in [0.4, 0.5) is 19.0 Å². The Hall–Kier alpha value is -2.32. The number of piperidine rings is 1. The molecular formula is C15H18F3N3O3. The van der Waals surface area contributed by atoms with Crippen LogP contribution in [0.15, 0.2) is 18.3 Å². The zero-order valence-corrected chi connectivity index (χ0v) is 12.8. The van der Waals surface area contributed by atoms with Crippen LogP contribution < -0.4 is 10.2 Å². The van der Waals surface area contributed by atoms with Crippen molar-refractivity contribution in [3.8, 4) is 0 Å². The van der Waals surface area contributed by atoms with Gasteiger partial charge in [-0.05, 0) is 30.9 Å². The normalized spacial score (nSPS) is 18.3. The summed E-state index contributed by atoms with van der Waals surface area (Å²) in [6.45, 7) is 1.46. The lowest BCUT2D eigenvalue weighted by Crippen LogP contribution is -2.42. The number of carbonyl (C=O) groups excluding carboxylic acids is 1. The topological polar surface area (TPSA) is 82.5 Å². The lowest BCUT2D eigenvalue weighted by Gasteiger charge is -2.33. The van der Waals surface area contributed by atoms with Gasteiger partial charge in [0, 0.05) is 25.8 Å². The minimum absolute atomic E-state index is 0.0249. The van der Waals surface area contributed by atoms with Gasteiger partial charge in [-0.25, -0.2) is 9.78 Å². The van der Waals surface area contributed by atoms with Gasteiger partial charge in [-0.1, -0.05) is 0 Å². The number of pyridine rings is 1. The summed E-state index contributed by atoms with van der Waals surface area (Å²) in [6, 6.07) is 3.06. The summed E-state index contributed by atoms with van der Waals surface area (Å²) in [5, 5.41) is 11.2. The van der Waals surface area contributed by atoms with E-state index in [1.54, 1.807) is 6.07 Å². The van der Waals surface area contributed by atoms with Crippen LogP contribution in [0.5, 0.6) is 0 Å². The van der Waals surface area contributed by atoms with Crippen molar-refractivity contribution in [2.45, 2.75) is 25.4 Å². The van der Waals surface area contributed by atoms with Crippen LogP contribution in [0.2, 0.25) is 0 Å². The molecule has 1 saturated heterocycles. The van der Waals surface area contributed by atoms with Crippen LogP contribution in [-0.2, 0) is 4.79 Å². The van der Waals surface area contributed by atoms with Gasteiger partial charge in [-0.3, -0.25) is 4.79 Å². The van der Waals surface area contributed by atoms with Gasteiger partial charge >= 0.3 is 12.1 Å². The largest absolute Gasteiger partial charge is 0.478 e. The molecule has 2 N–H and O–H groups in total. The van der Waals surface area contributed by atoms with Gasteiger partial charge in [0.2, 0.25) is 5.91 Å². The van der Waals surface area contributed by atoms with E-state index in [1.165, 1.54) is 12.3 Å². The molecule has 9 heteroatoms. The second-order valence-electron chi connectivity index (χ2n) is 5.76. The molecule has 1 aliphatic rings. The van der Waals surface area contributed by atoms with Gasteiger partial charge < -0.3 is 15.3 Å². The van der Waals surface area contributed by atoms with Crippen molar-refractivity contribution in [3.05, 3.63) is 23.9 Å². The van der Waals surface area contributed by atoms with Crippen molar-refractivity contribution in [2.75, 3.05) is 24.5 Å². The van der Waals surface area contributed by atoms with Gasteiger partial charge in [-0.15, -0.1) is 0 Å². The van der Waals surface area contributed by atoms with Crippen LogP contribution in [-0.4, -0.2) is 47.8 Å². The molecule has 0 bridgehead atoms.